The average Bonchev–Trinajstić information content (AvgIpc) is 3.04. The minimum atomic E-state index is -4.45. The molecule has 0 aliphatic rings. The Hall–Kier alpha value is -2.46. The molecule has 0 spiro atoms. The van der Waals surface area contributed by atoms with Gasteiger partial charge in [0.1, 0.15) is 4.90 Å². The van der Waals surface area contributed by atoms with E-state index in [2.05, 4.69) is 15.6 Å². The standard InChI is InChI=1S/C18H16ClN3O4S2/c1-11(23)22-14-5-2-12(3-6-14)13-4-7-16(17(8-13)28(24,25)26)20-9-15-10-21-18(19)27-15/h2-8,10,20H,9H2,1H3,(H,22,23)(H,24,25,26). The molecule has 146 valence electrons. The second-order valence-corrected chi connectivity index (χ2v) is 8.96. The van der Waals surface area contributed by atoms with Gasteiger partial charge in [-0.05, 0) is 35.4 Å². The summed E-state index contributed by atoms with van der Waals surface area (Å²) in [5.41, 5.74) is 2.24. The number of aromatic nitrogens is 1. The molecule has 28 heavy (non-hydrogen) atoms. The van der Waals surface area contributed by atoms with E-state index in [4.69, 9.17) is 11.6 Å². The van der Waals surface area contributed by atoms with E-state index in [9.17, 15) is 17.8 Å². The Morgan fingerprint density at radius 3 is 2.43 bits per heavy atom. The average molecular weight is 438 g/mol. The van der Waals surface area contributed by atoms with Gasteiger partial charge in [-0.2, -0.15) is 8.42 Å². The molecule has 1 heterocycles. The zero-order valence-corrected chi connectivity index (χ0v) is 17.0. The van der Waals surface area contributed by atoms with Gasteiger partial charge in [-0.15, -0.1) is 11.3 Å². The number of rotatable bonds is 6. The van der Waals surface area contributed by atoms with Gasteiger partial charge in [0.05, 0.1) is 12.2 Å². The number of thiazole rings is 1. The van der Waals surface area contributed by atoms with E-state index in [-0.39, 0.29) is 16.5 Å². The second kappa shape index (κ2) is 8.27. The Morgan fingerprint density at radius 2 is 1.86 bits per heavy atom. The highest BCUT2D eigenvalue weighted by atomic mass is 35.5. The Labute approximate surface area is 171 Å². The smallest absolute Gasteiger partial charge is 0.296 e. The van der Waals surface area contributed by atoms with E-state index in [1.54, 1.807) is 42.6 Å². The Bertz CT molecular complexity index is 1110. The van der Waals surface area contributed by atoms with Gasteiger partial charge in [-0.3, -0.25) is 9.35 Å². The van der Waals surface area contributed by atoms with E-state index >= 15 is 0 Å². The topological polar surface area (TPSA) is 108 Å². The molecule has 0 bridgehead atoms. The van der Waals surface area contributed by atoms with Gasteiger partial charge in [-0.1, -0.05) is 29.8 Å². The van der Waals surface area contributed by atoms with E-state index in [1.165, 1.54) is 24.3 Å². The van der Waals surface area contributed by atoms with Crippen molar-refractivity contribution in [2.45, 2.75) is 18.4 Å². The molecule has 3 aromatic rings. The molecule has 1 aromatic heterocycles. The highest BCUT2D eigenvalue weighted by molar-refractivity contribution is 7.86. The number of nitrogens with zero attached hydrogens (tertiary/aromatic N) is 1. The minimum absolute atomic E-state index is 0.181. The maximum Gasteiger partial charge on any atom is 0.296 e. The number of nitrogens with one attached hydrogen (secondary N) is 2. The number of hydrogen-bond acceptors (Lipinski definition) is 6. The minimum Gasteiger partial charge on any atom is -0.379 e. The number of carbonyl (C=O) groups is 1. The van der Waals surface area contributed by atoms with Crippen LogP contribution in [0, 0.1) is 0 Å². The van der Waals surface area contributed by atoms with Crippen LogP contribution in [0.5, 0.6) is 0 Å². The molecule has 1 amide bonds. The van der Waals surface area contributed by atoms with Crippen molar-refractivity contribution in [2.24, 2.45) is 0 Å². The van der Waals surface area contributed by atoms with Crippen molar-refractivity contribution in [1.82, 2.24) is 4.98 Å². The van der Waals surface area contributed by atoms with E-state index in [0.717, 1.165) is 10.4 Å². The van der Waals surface area contributed by atoms with Crippen molar-refractivity contribution in [3.8, 4) is 11.1 Å². The number of hydrogen-bond donors (Lipinski definition) is 3. The lowest BCUT2D eigenvalue weighted by atomic mass is 10.0. The Balaban J connectivity index is 1.89. The zero-order chi connectivity index (χ0) is 20.3. The highest BCUT2D eigenvalue weighted by Gasteiger charge is 2.17. The van der Waals surface area contributed by atoms with Gasteiger partial charge < -0.3 is 10.6 Å². The van der Waals surface area contributed by atoms with E-state index in [1.807, 2.05) is 0 Å². The summed E-state index contributed by atoms with van der Waals surface area (Å²) >= 11 is 7.07. The van der Waals surface area contributed by atoms with Gasteiger partial charge in [0.2, 0.25) is 5.91 Å². The fraction of sp³-hybridized carbons (Fsp3) is 0.111. The van der Waals surface area contributed by atoms with Crippen LogP contribution < -0.4 is 10.6 Å². The van der Waals surface area contributed by atoms with E-state index < -0.39 is 10.1 Å². The third-order valence-corrected chi connectivity index (χ3v) is 5.78. The molecule has 2 aromatic carbocycles. The van der Waals surface area contributed by atoms with Crippen LogP contribution >= 0.6 is 22.9 Å². The van der Waals surface area contributed by atoms with Gasteiger partial charge in [-0.25, -0.2) is 4.98 Å². The summed E-state index contributed by atoms with van der Waals surface area (Å²) in [6.45, 7) is 1.73. The lowest BCUT2D eigenvalue weighted by molar-refractivity contribution is -0.114. The van der Waals surface area contributed by atoms with Gasteiger partial charge in [0, 0.05) is 23.7 Å². The van der Waals surface area contributed by atoms with Crippen LogP contribution in [0.25, 0.3) is 11.1 Å². The number of anilines is 2. The lowest BCUT2D eigenvalue weighted by Gasteiger charge is -2.12. The number of halogens is 1. The first kappa shape index (κ1) is 20.3. The lowest BCUT2D eigenvalue weighted by Crippen LogP contribution is -2.06. The summed E-state index contributed by atoms with van der Waals surface area (Å²) in [7, 11) is -4.45. The van der Waals surface area contributed by atoms with Crippen LogP contribution in [-0.4, -0.2) is 23.9 Å². The third kappa shape index (κ3) is 5.08. The highest BCUT2D eigenvalue weighted by Crippen LogP contribution is 2.30. The number of amides is 1. The molecule has 0 aliphatic heterocycles. The van der Waals surface area contributed by atoms with Crippen LogP contribution in [0.1, 0.15) is 11.8 Å². The first-order valence-electron chi connectivity index (χ1n) is 8.06. The number of carbonyl (C=O) groups excluding carboxylic acids is 1. The van der Waals surface area contributed by atoms with Crippen molar-refractivity contribution >= 4 is 50.3 Å². The first-order chi connectivity index (χ1) is 13.2. The van der Waals surface area contributed by atoms with Crippen molar-refractivity contribution in [1.29, 1.82) is 0 Å². The molecule has 7 nitrogen and oxygen atoms in total. The van der Waals surface area contributed by atoms with E-state index in [0.29, 0.717) is 22.3 Å². The molecule has 0 unspecified atom stereocenters. The van der Waals surface area contributed by atoms with Crippen LogP contribution in [0.2, 0.25) is 4.47 Å². The maximum atomic E-state index is 11.9. The summed E-state index contributed by atoms with van der Waals surface area (Å²) in [6.07, 6.45) is 1.60. The van der Waals surface area contributed by atoms with Crippen LogP contribution in [-0.2, 0) is 21.5 Å². The van der Waals surface area contributed by atoms with Crippen molar-refractivity contribution in [3.63, 3.8) is 0 Å². The van der Waals surface area contributed by atoms with Gasteiger partial charge in [0.15, 0.2) is 4.47 Å². The Morgan fingerprint density at radius 1 is 1.18 bits per heavy atom. The van der Waals surface area contributed by atoms with Crippen molar-refractivity contribution in [2.75, 3.05) is 10.6 Å². The van der Waals surface area contributed by atoms with Gasteiger partial charge >= 0.3 is 0 Å². The van der Waals surface area contributed by atoms with Crippen molar-refractivity contribution < 1.29 is 17.8 Å². The molecule has 3 N–H and O–H groups in total. The predicted octanol–water partition coefficient (Wildman–Crippen LogP) is 4.28. The molecule has 0 radical (unpaired) electrons. The summed E-state index contributed by atoms with van der Waals surface area (Å²) in [5.74, 6) is -0.181. The molecule has 0 saturated heterocycles. The summed E-state index contributed by atoms with van der Waals surface area (Å²) in [6, 6.07) is 11.6. The Kier molecular flexibility index (Phi) is 5.99. The fourth-order valence-electron chi connectivity index (χ4n) is 2.56. The second-order valence-electron chi connectivity index (χ2n) is 5.88. The largest absolute Gasteiger partial charge is 0.379 e. The number of benzene rings is 2. The fourth-order valence-corrected chi connectivity index (χ4v) is 4.17. The van der Waals surface area contributed by atoms with Crippen LogP contribution in [0.3, 0.4) is 0 Å². The van der Waals surface area contributed by atoms with Gasteiger partial charge in [0.25, 0.3) is 10.1 Å². The first-order valence-corrected chi connectivity index (χ1v) is 10.7. The van der Waals surface area contributed by atoms with Crippen molar-refractivity contribution in [3.05, 3.63) is 58.0 Å². The summed E-state index contributed by atoms with van der Waals surface area (Å²) in [4.78, 5) is 15.6. The summed E-state index contributed by atoms with van der Waals surface area (Å²) in [5, 5.41) is 5.65. The molecule has 0 fully saturated rings. The third-order valence-electron chi connectivity index (χ3n) is 3.78. The predicted molar refractivity (Wildman–Crippen MR) is 110 cm³/mol. The van der Waals surface area contributed by atoms with Crippen LogP contribution in [0.15, 0.2) is 53.6 Å². The van der Waals surface area contributed by atoms with Crippen LogP contribution in [0.4, 0.5) is 11.4 Å². The SMILES string of the molecule is CC(=O)Nc1ccc(-c2ccc(NCc3cnc(Cl)s3)c(S(=O)(=O)O)c2)cc1. The summed E-state index contributed by atoms with van der Waals surface area (Å²) < 4.78 is 33.8. The maximum absolute atomic E-state index is 11.9. The quantitative estimate of drug-likeness (QED) is 0.496. The zero-order valence-electron chi connectivity index (χ0n) is 14.6. The molecule has 0 atom stereocenters. The molecule has 3 rings (SSSR count). The molecule has 10 heteroatoms. The molecule has 0 saturated carbocycles. The normalized spacial score (nSPS) is 11.2. The molecular weight excluding hydrogens is 422 g/mol. The monoisotopic (exact) mass is 437 g/mol. The molecular formula is C18H16ClN3O4S2. The molecule has 0 aliphatic carbocycles.